The average Bonchev–Trinajstić information content (AvgIpc) is 3.22. The number of hydrogen-bond donors (Lipinski definition) is 0. The summed E-state index contributed by atoms with van der Waals surface area (Å²) in [6.07, 6.45) is 57.9. The van der Waals surface area contributed by atoms with Crippen LogP contribution in [0.5, 0.6) is 0 Å². The molecule has 0 aliphatic rings. The number of carbonyl (C=O) groups is 2. The Hall–Kier alpha value is -1.62. The highest BCUT2D eigenvalue weighted by atomic mass is 16.6. The SMILES string of the molecule is CCCCCCCC/C=C\CCCCCCCCCCCC(=O)OCC(COCCCCCCCCCC/C=C\CCCCCCCC)OC(=O)CCCCCCC. The highest BCUT2D eigenvalue weighted by molar-refractivity contribution is 5.70. The molecule has 0 rings (SSSR count). The van der Waals surface area contributed by atoms with Crippen molar-refractivity contribution in [3.8, 4) is 0 Å². The standard InChI is InChI=1S/C53H100O5/c1-4-7-10-13-15-17-19-21-23-25-27-28-30-32-34-36-38-41-43-46-52(54)57-50-51(58-53(55)47-44-40-12-9-6-3)49-56-48-45-42-39-37-35-33-31-29-26-24-22-20-18-16-14-11-8-5-2/h21-24,51H,4-20,25-50H2,1-3H3/b23-21-,24-22-. The Morgan fingerprint density at radius 3 is 1.05 bits per heavy atom. The van der Waals surface area contributed by atoms with Crippen LogP contribution in [0.2, 0.25) is 0 Å². The van der Waals surface area contributed by atoms with Gasteiger partial charge in [0.1, 0.15) is 6.61 Å². The molecule has 0 fully saturated rings. The summed E-state index contributed by atoms with van der Waals surface area (Å²) in [7, 11) is 0. The topological polar surface area (TPSA) is 61.8 Å². The lowest BCUT2D eigenvalue weighted by Gasteiger charge is -2.18. The van der Waals surface area contributed by atoms with Crippen LogP contribution in [0.25, 0.3) is 0 Å². The average molecular weight is 817 g/mol. The third-order valence-corrected chi connectivity index (χ3v) is 11.5. The van der Waals surface area contributed by atoms with Gasteiger partial charge in [-0.3, -0.25) is 9.59 Å². The molecule has 342 valence electrons. The van der Waals surface area contributed by atoms with Crippen molar-refractivity contribution in [2.24, 2.45) is 0 Å². The second-order valence-corrected chi connectivity index (χ2v) is 17.4. The van der Waals surface area contributed by atoms with E-state index in [1.165, 1.54) is 199 Å². The first kappa shape index (κ1) is 56.4. The molecule has 1 atom stereocenters. The largest absolute Gasteiger partial charge is 0.462 e. The van der Waals surface area contributed by atoms with E-state index in [0.717, 1.165) is 44.9 Å². The van der Waals surface area contributed by atoms with Crippen LogP contribution in [0.3, 0.4) is 0 Å². The number of unbranched alkanes of at least 4 members (excludes halogenated alkanes) is 33. The molecule has 5 heteroatoms. The smallest absolute Gasteiger partial charge is 0.306 e. The highest BCUT2D eigenvalue weighted by Gasteiger charge is 2.17. The van der Waals surface area contributed by atoms with Gasteiger partial charge in [-0.25, -0.2) is 0 Å². The van der Waals surface area contributed by atoms with E-state index in [9.17, 15) is 9.59 Å². The van der Waals surface area contributed by atoms with Crippen LogP contribution in [0.4, 0.5) is 0 Å². The van der Waals surface area contributed by atoms with E-state index in [0.29, 0.717) is 19.4 Å². The van der Waals surface area contributed by atoms with Gasteiger partial charge in [-0.1, -0.05) is 218 Å². The first-order valence-corrected chi connectivity index (χ1v) is 25.9. The zero-order chi connectivity index (χ0) is 42.1. The molecular weight excluding hydrogens is 717 g/mol. The normalized spacial score (nSPS) is 12.3. The molecule has 0 saturated carbocycles. The quantitative estimate of drug-likeness (QED) is 0.0348. The fraction of sp³-hybridized carbons (Fsp3) is 0.887. The van der Waals surface area contributed by atoms with Crippen LogP contribution in [0.15, 0.2) is 24.3 Å². The van der Waals surface area contributed by atoms with Crippen LogP contribution < -0.4 is 0 Å². The molecule has 0 aliphatic carbocycles. The number of hydrogen-bond acceptors (Lipinski definition) is 5. The number of rotatable bonds is 48. The summed E-state index contributed by atoms with van der Waals surface area (Å²) in [5.74, 6) is -0.400. The fourth-order valence-corrected chi connectivity index (χ4v) is 7.56. The van der Waals surface area contributed by atoms with Gasteiger partial charge in [0.2, 0.25) is 0 Å². The molecule has 0 aromatic rings. The van der Waals surface area contributed by atoms with E-state index >= 15 is 0 Å². The molecule has 0 amide bonds. The fourth-order valence-electron chi connectivity index (χ4n) is 7.56. The van der Waals surface area contributed by atoms with E-state index in [1.807, 2.05) is 0 Å². The van der Waals surface area contributed by atoms with Crippen molar-refractivity contribution in [3.63, 3.8) is 0 Å². The number of carbonyl (C=O) groups excluding carboxylic acids is 2. The molecule has 0 saturated heterocycles. The van der Waals surface area contributed by atoms with Gasteiger partial charge in [-0.2, -0.15) is 0 Å². The summed E-state index contributed by atoms with van der Waals surface area (Å²) in [6, 6.07) is 0. The molecule has 0 N–H and O–H groups in total. The van der Waals surface area contributed by atoms with Crippen LogP contribution in [0, 0.1) is 0 Å². The van der Waals surface area contributed by atoms with Gasteiger partial charge >= 0.3 is 11.9 Å². The third-order valence-electron chi connectivity index (χ3n) is 11.5. The van der Waals surface area contributed by atoms with Crippen molar-refractivity contribution in [1.29, 1.82) is 0 Å². The maximum Gasteiger partial charge on any atom is 0.306 e. The molecular formula is C53H100O5. The lowest BCUT2D eigenvalue weighted by molar-refractivity contribution is -0.163. The number of ether oxygens (including phenoxy) is 3. The zero-order valence-electron chi connectivity index (χ0n) is 39.3. The second-order valence-electron chi connectivity index (χ2n) is 17.4. The summed E-state index contributed by atoms with van der Waals surface area (Å²) in [5.41, 5.74) is 0. The van der Waals surface area contributed by atoms with Crippen molar-refractivity contribution >= 4 is 11.9 Å². The Balaban J connectivity index is 3.97. The molecule has 1 unspecified atom stereocenters. The van der Waals surface area contributed by atoms with Gasteiger partial charge in [-0.15, -0.1) is 0 Å². The van der Waals surface area contributed by atoms with Gasteiger partial charge in [0.05, 0.1) is 6.61 Å². The zero-order valence-corrected chi connectivity index (χ0v) is 39.3. The Morgan fingerprint density at radius 1 is 0.362 bits per heavy atom. The van der Waals surface area contributed by atoms with E-state index < -0.39 is 6.10 Å². The summed E-state index contributed by atoms with van der Waals surface area (Å²) < 4.78 is 17.3. The van der Waals surface area contributed by atoms with Gasteiger partial charge in [-0.05, 0) is 70.6 Å². The lowest BCUT2D eigenvalue weighted by Crippen LogP contribution is -2.30. The minimum atomic E-state index is -0.529. The minimum absolute atomic E-state index is 0.0875. The molecule has 5 nitrogen and oxygen atoms in total. The van der Waals surface area contributed by atoms with E-state index in [-0.39, 0.29) is 25.2 Å². The van der Waals surface area contributed by atoms with E-state index in [2.05, 4.69) is 45.1 Å². The molecule has 0 bridgehead atoms. The monoisotopic (exact) mass is 817 g/mol. The van der Waals surface area contributed by atoms with Crippen LogP contribution >= 0.6 is 0 Å². The van der Waals surface area contributed by atoms with Crippen LogP contribution in [-0.4, -0.2) is 37.9 Å². The van der Waals surface area contributed by atoms with Gasteiger partial charge in [0.15, 0.2) is 6.10 Å². The van der Waals surface area contributed by atoms with Crippen molar-refractivity contribution < 1.29 is 23.8 Å². The predicted molar refractivity (Wildman–Crippen MR) is 252 cm³/mol. The first-order chi connectivity index (χ1) is 28.6. The van der Waals surface area contributed by atoms with Gasteiger partial charge < -0.3 is 14.2 Å². The molecule has 0 aromatic heterocycles. The van der Waals surface area contributed by atoms with Gasteiger partial charge in [0.25, 0.3) is 0 Å². The Morgan fingerprint density at radius 2 is 0.672 bits per heavy atom. The molecule has 0 spiro atoms. The van der Waals surface area contributed by atoms with Crippen molar-refractivity contribution in [3.05, 3.63) is 24.3 Å². The maximum absolute atomic E-state index is 12.6. The number of esters is 2. The van der Waals surface area contributed by atoms with Crippen molar-refractivity contribution in [2.45, 2.75) is 284 Å². The molecule has 0 aliphatic heterocycles. The molecule has 58 heavy (non-hydrogen) atoms. The summed E-state index contributed by atoms with van der Waals surface area (Å²) in [5, 5.41) is 0. The summed E-state index contributed by atoms with van der Waals surface area (Å²) in [6.45, 7) is 7.78. The Labute approximate surface area is 362 Å². The predicted octanol–water partition coefficient (Wildman–Crippen LogP) is 17.2. The Bertz CT molecular complexity index is 882. The Kier molecular flexibility index (Phi) is 48.4. The summed E-state index contributed by atoms with van der Waals surface area (Å²) in [4.78, 5) is 25.1. The number of allylic oxidation sites excluding steroid dienone is 4. The van der Waals surface area contributed by atoms with Crippen LogP contribution in [0.1, 0.15) is 278 Å². The third kappa shape index (κ3) is 47.1. The second kappa shape index (κ2) is 49.7. The van der Waals surface area contributed by atoms with Crippen molar-refractivity contribution in [2.75, 3.05) is 19.8 Å². The first-order valence-electron chi connectivity index (χ1n) is 25.9. The van der Waals surface area contributed by atoms with Gasteiger partial charge in [0, 0.05) is 19.4 Å². The maximum atomic E-state index is 12.6. The molecule has 0 heterocycles. The highest BCUT2D eigenvalue weighted by Crippen LogP contribution is 2.15. The lowest BCUT2D eigenvalue weighted by atomic mass is 10.1. The summed E-state index contributed by atoms with van der Waals surface area (Å²) >= 11 is 0. The van der Waals surface area contributed by atoms with Crippen LogP contribution in [-0.2, 0) is 23.8 Å². The molecule has 0 aromatic carbocycles. The minimum Gasteiger partial charge on any atom is -0.462 e. The van der Waals surface area contributed by atoms with E-state index in [4.69, 9.17) is 14.2 Å². The molecule has 0 radical (unpaired) electrons. The van der Waals surface area contributed by atoms with E-state index in [1.54, 1.807) is 0 Å². The van der Waals surface area contributed by atoms with Crippen molar-refractivity contribution in [1.82, 2.24) is 0 Å².